The Morgan fingerprint density at radius 3 is 2.94 bits per heavy atom. The lowest BCUT2D eigenvalue weighted by atomic mass is 10.2. The minimum absolute atomic E-state index is 0.0267. The van der Waals surface area contributed by atoms with Crippen molar-refractivity contribution >= 4 is 17.5 Å². The highest BCUT2D eigenvalue weighted by Crippen LogP contribution is 2.12. The molecule has 0 unspecified atom stereocenters. The molecule has 2 rings (SSSR count). The summed E-state index contributed by atoms with van der Waals surface area (Å²) < 4.78 is 0. The first kappa shape index (κ1) is 12.6. The number of rotatable bonds is 3. The van der Waals surface area contributed by atoms with Crippen molar-refractivity contribution in [2.75, 3.05) is 31.5 Å². The van der Waals surface area contributed by atoms with Gasteiger partial charge in [-0.05, 0) is 18.6 Å². The molecule has 0 atom stereocenters. The number of amides is 2. The molecule has 5 heteroatoms. The summed E-state index contributed by atoms with van der Waals surface area (Å²) in [6, 6.07) is 7.59. The molecule has 5 nitrogen and oxygen atoms in total. The Bertz CT molecular complexity index is 459. The molecule has 0 bridgehead atoms. The van der Waals surface area contributed by atoms with E-state index in [0.29, 0.717) is 13.1 Å². The second kappa shape index (κ2) is 5.64. The summed E-state index contributed by atoms with van der Waals surface area (Å²) in [6.07, 6.45) is 0. The molecule has 2 N–H and O–H groups in total. The van der Waals surface area contributed by atoms with Crippen LogP contribution in [0.4, 0.5) is 5.69 Å². The third-order valence-corrected chi connectivity index (χ3v) is 2.94. The van der Waals surface area contributed by atoms with Crippen molar-refractivity contribution in [1.82, 2.24) is 10.2 Å². The van der Waals surface area contributed by atoms with E-state index in [-0.39, 0.29) is 18.4 Å². The summed E-state index contributed by atoms with van der Waals surface area (Å²) >= 11 is 0. The molecule has 1 fully saturated rings. The van der Waals surface area contributed by atoms with E-state index in [2.05, 4.69) is 10.6 Å². The van der Waals surface area contributed by atoms with Crippen molar-refractivity contribution in [3.63, 3.8) is 0 Å². The van der Waals surface area contributed by atoms with Crippen molar-refractivity contribution in [3.8, 4) is 0 Å². The van der Waals surface area contributed by atoms with Crippen molar-refractivity contribution in [2.24, 2.45) is 0 Å². The molecule has 1 aromatic rings. The van der Waals surface area contributed by atoms with Crippen LogP contribution in [0, 0.1) is 6.92 Å². The van der Waals surface area contributed by atoms with Gasteiger partial charge in [-0.3, -0.25) is 9.59 Å². The van der Waals surface area contributed by atoms with E-state index < -0.39 is 0 Å². The van der Waals surface area contributed by atoms with E-state index in [1.54, 1.807) is 4.90 Å². The zero-order valence-electron chi connectivity index (χ0n) is 10.4. The van der Waals surface area contributed by atoms with Crippen molar-refractivity contribution in [1.29, 1.82) is 0 Å². The van der Waals surface area contributed by atoms with Gasteiger partial charge >= 0.3 is 0 Å². The fraction of sp³-hybridized carbons (Fsp3) is 0.385. The lowest BCUT2D eigenvalue weighted by Gasteiger charge is -2.26. The Hall–Kier alpha value is -1.88. The lowest BCUT2D eigenvalue weighted by Crippen LogP contribution is -2.50. The topological polar surface area (TPSA) is 61.4 Å². The maximum absolute atomic E-state index is 11.9. The third-order valence-electron chi connectivity index (χ3n) is 2.94. The molecule has 0 radical (unpaired) electrons. The smallest absolute Gasteiger partial charge is 0.244 e. The molecule has 1 aliphatic heterocycles. The van der Waals surface area contributed by atoms with Crippen LogP contribution < -0.4 is 10.6 Å². The molecule has 0 spiro atoms. The summed E-state index contributed by atoms with van der Waals surface area (Å²) in [4.78, 5) is 25.0. The van der Waals surface area contributed by atoms with Crippen LogP contribution in [0.25, 0.3) is 0 Å². The summed E-state index contributed by atoms with van der Waals surface area (Å²) in [7, 11) is 0. The van der Waals surface area contributed by atoms with Crippen LogP contribution in [0.5, 0.6) is 0 Å². The van der Waals surface area contributed by atoms with Gasteiger partial charge in [-0.1, -0.05) is 18.2 Å². The van der Waals surface area contributed by atoms with Crippen LogP contribution in [0.1, 0.15) is 5.56 Å². The van der Waals surface area contributed by atoms with Crippen molar-refractivity contribution < 1.29 is 9.59 Å². The number of hydrogen-bond acceptors (Lipinski definition) is 3. The van der Waals surface area contributed by atoms with Gasteiger partial charge < -0.3 is 15.5 Å². The number of piperazine rings is 1. The third kappa shape index (κ3) is 3.07. The molecule has 1 aromatic carbocycles. The minimum atomic E-state index is -0.153. The number of anilines is 1. The first-order valence-corrected chi connectivity index (χ1v) is 6.01. The van der Waals surface area contributed by atoms with Gasteiger partial charge in [0, 0.05) is 18.8 Å². The van der Waals surface area contributed by atoms with Crippen LogP contribution >= 0.6 is 0 Å². The standard InChI is InChI=1S/C13H17N3O2/c1-10-4-2-3-5-11(10)15-12(17)9-16-7-6-14-8-13(16)18/h2-5,14H,6-9H2,1H3,(H,15,17). The number of para-hydroxylation sites is 1. The van der Waals surface area contributed by atoms with E-state index >= 15 is 0 Å². The molecular weight excluding hydrogens is 230 g/mol. The normalized spacial score (nSPS) is 15.6. The molecule has 18 heavy (non-hydrogen) atoms. The maximum Gasteiger partial charge on any atom is 0.244 e. The molecule has 1 aliphatic rings. The van der Waals surface area contributed by atoms with Gasteiger partial charge in [0.25, 0.3) is 0 Å². The van der Waals surface area contributed by atoms with Gasteiger partial charge in [0.05, 0.1) is 13.1 Å². The Balaban J connectivity index is 1.92. The number of carbonyl (C=O) groups is 2. The fourth-order valence-corrected chi connectivity index (χ4v) is 1.89. The molecule has 0 saturated carbocycles. The average Bonchev–Trinajstić information content (AvgIpc) is 2.35. The number of carbonyl (C=O) groups excluding carboxylic acids is 2. The van der Waals surface area contributed by atoms with E-state index in [4.69, 9.17) is 0 Å². The highest BCUT2D eigenvalue weighted by atomic mass is 16.2. The van der Waals surface area contributed by atoms with Crippen LogP contribution in [0.3, 0.4) is 0 Å². The monoisotopic (exact) mass is 247 g/mol. The summed E-state index contributed by atoms with van der Waals surface area (Å²) in [5.41, 5.74) is 1.81. The zero-order valence-corrected chi connectivity index (χ0v) is 10.4. The Labute approximate surface area is 106 Å². The lowest BCUT2D eigenvalue weighted by molar-refractivity contribution is -0.135. The van der Waals surface area contributed by atoms with Gasteiger partial charge in [-0.2, -0.15) is 0 Å². The summed E-state index contributed by atoms with van der Waals surface area (Å²) in [6.45, 7) is 3.70. The van der Waals surface area contributed by atoms with Crippen molar-refractivity contribution in [3.05, 3.63) is 29.8 Å². The van der Waals surface area contributed by atoms with E-state index in [0.717, 1.165) is 17.8 Å². The number of benzene rings is 1. The quantitative estimate of drug-likeness (QED) is 0.811. The second-order valence-corrected chi connectivity index (χ2v) is 4.36. The van der Waals surface area contributed by atoms with Gasteiger partial charge in [0.1, 0.15) is 0 Å². The molecule has 2 amide bonds. The number of aryl methyl sites for hydroxylation is 1. The maximum atomic E-state index is 11.9. The van der Waals surface area contributed by atoms with Crippen LogP contribution in [-0.2, 0) is 9.59 Å². The zero-order chi connectivity index (χ0) is 13.0. The first-order chi connectivity index (χ1) is 8.66. The van der Waals surface area contributed by atoms with Crippen molar-refractivity contribution in [2.45, 2.75) is 6.92 Å². The highest BCUT2D eigenvalue weighted by Gasteiger charge is 2.20. The fourth-order valence-electron chi connectivity index (χ4n) is 1.89. The van der Waals surface area contributed by atoms with E-state index in [9.17, 15) is 9.59 Å². The first-order valence-electron chi connectivity index (χ1n) is 6.01. The average molecular weight is 247 g/mol. The largest absolute Gasteiger partial charge is 0.331 e. The predicted octanol–water partition coefficient (Wildman–Crippen LogP) is 0.365. The second-order valence-electron chi connectivity index (χ2n) is 4.36. The Kier molecular flexibility index (Phi) is 3.94. The van der Waals surface area contributed by atoms with Crippen LogP contribution in [-0.4, -0.2) is 42.9 Å². The van der Waals surface area contributed by atoms with Crippen LogP contribution in [0.15, 0.2) is 24.3 Å². The highest BCUT2D eigenvalue weighted by molar-refractivity contribution is 5.95. The Morgan fingerprint density at radius 1 is 1.44 bits per heavy atom. The van der Waals surface area contributed by atoms with Gasteiger partial charge in [-0.15, -0.1) is 0 Å². The van der Waals surface area contributed by atoms with Gasteiger partial charge in [0.2, 0.25) is 11.8 Å². The van der Waals surface area contributed by atoms with Gasteiger partial charge in [0.15, 0.2) is 0 Å². The van der Waals surface area contributed by atoms with Gasteiger partial charge in [-0.25, -0.2) is 0 Å². The summed E-state index contributed by atoms with van der Waals surface area (Å²) in [5, 5.41) is 5.80. The molecule has 1 saturated heterocycles. The summed E-state index contributed by atoms with van der Waals surface area (Å²) in [5.74, 6) is -0.180. The molecular formula is C13H17N3O2. The molecule has 0 aromatic heterocycles. The Morgan fingerprint density at radius 2 is 2.22 bits per heavy atom. The van der Waals surface area contributed by atoms with E-state index in [1.165, 1.54) is 0 Å². The molecule has 0 aliphatic carbocycles. The van der Waals surface area contributed by atoms with E-state index in [1.807, 2.05) is 31.2 Å². The molecule has 1 heterocycles. The number of nitrogens with one attached hydrogen (secondary N) is 2. The number of nitrogens with zero attached hydrogens (tertiary/aromatic N) is 1. The minimum Gasteiger partial charge on any atom is -0.331 e. The van der Waals surface area contributed by atoms with Crippen LogP contribution in [0.2, 0.25) is 0 Å². The number of hydrogen-bond donors (Lipinski definition) is 2. The predicted molar refractivity (Wildman–Crippen MR) is 69.3 cm³/mol. The SMILES string of the molecule is Cc1ccccc1NC(=O)CN1CCNCC1=O. The molecule has 96 valence electrons.